The fraction of sp³-hybridized carbons (Fsp3) is 0.148. The lowest BCUT2D eigenvalue weighted by Crippen LogP contribution is -2.12. The average Bonchev–Trinajstić information content (AvgIpc) is 3.26. The van der Waals surface area contributed by atoms with Gasteiger partial charge in [-0.3, -0.25) is 4.98 Å². The van der Waals surface area contributed by atoms with Crippen LogP contribution in [0, 0.1) is 0 Å². The van der Waals surface area contributed by atoms with Crippen molar-refractivity contribution in [3.63, 3.8) is 0 Å². The Balaban J connectivity index is 1.60. The number of benzene rings is 2. The van der Waals surface area contributed by atoms with Gasteiger partial charge in [0, 0.05) is 44.7 Å². The number of hydrogen-bond donors (Lipinski definition) is 2. The zero-order chi connectivity index (χ0) is 23.8. The highest BCUT2D eigenvalue weighted by Crippen LogP contribution is 2.41. The van der Waals surface area contributed by atoms with Gasteiger partial charge in [-0.2, -0.15) is 0 Å². The van der Waals surface area contributed by atoms with Crippen molar-refractivity contribution in [2.75, 3.05) is 19.0 Å². The number of nitrogens with zero attached hydrogens (tertiary/aromatic N) is 5. The Morgan fingerprint density at radius 3 is 2.47 bits per heavy atom. The average molecular weight is 452 g/mol. The predicted octanol–water partition coefficient (Wildman–Crippen LogP) is 4.77. The van der Waals surface area contributed by atoms with E-state index in [0.29, 0.717) is 34.4 Å². The van der Waals surface area contributed by atoms with Crippen LogP contribution < -0.4 is 4.90 Å². The summed E-state index contributed by atoms with van der Waals surface area (Å²) in [5, 5.41) is 22.9. The molecule has 170 valence electrons. The lowest BCUT2D eigenvalue weighted by atomic mass is 9.98. The Morgan fingerprint density at radius 2 is 1.76 bits per heavy atom. The van der Waals surface area contributed by atoms with Crippen LogP contribution in [0.15, 0.2) is 73.3 Å². The van der Waals surface area contributed by atoms with E-state index in [4.69, 9.17) is 4.98 Å². The molecule has 0 amide bonds. The van der Waals surface area contributed by atoms with Gasteiger partial charge in [-0.15, -0.1) is 0 Å². The number of fused-ring (bicyclic) bond motifs is 1. The van der Waals surface area contributed by atoms with Gasteiger partial charge in [-0.1, -0.05) is 36.4 Å². The number of anilines is 1. The van der Waals surface area contributed by atoms with Crippen LogP contribution in [0.3, 0.4) is 0 Å². The van der Waals surface area contributed by atoms with Crippen molar-refractivity contribution in [2.45, 2.75) is 6.42 Å². The fourth-order valence-electron chi connectivity index (χ4n) is 4.21. The molecule has 0 fully saturated rings. The molecule has 0 radical (unpaired) electrons. The van der Waals surface area contributed by atoms with Crippen LogP contribution in [0.1, 0.15) is 11.1 Å². The SMILES string of the molecule is CN(C)c1nc2ccc(Cc3ccnc(-c4cncn4C)c3O)cc2c(O)c1-c1ccccc1. The van der Waals surface area contributed by atoms with E-state index >= 15 is 0 Å². The van der Waals surface area contributed by atoms with Crippen molar-refractivity contribution in [1.82, 2.24) is 19.5 Å². The van der Waals surface area contributed by atoms with Crippen molar-refractivity contribution in [1.29, 1.82) is 0 Å². The minimum absolute atomic E-state index is 0.126. The molecule has 0 unspecified atom stereocenters. The molecule has 2 aromatic carbocycles. The summed E-state index contributed by atoms with van der Waals surface area (Å²) in [4.78, 5) is 15.2. The standard InChI is InChI=1S/C27H25N5O2/c1-31(2)27-23(18-7-5-4-6-8-18)26(34)20-14-17(9-10-21(20)30-27)13-19-11-12-29-24(25(19)33)22-15-28-16-32(22)3/h4-12,14-16,33H,13H2,1-3H3,(H,30,34). The Labute approximate surface area is 197 Å². The smallest absolute Gasteiger partial charge is 0.146 e. The second kappa shape index (κ2) is 8.51. The monoisotopic (exact) mass is 451 g/mol. The largest absolute Gasteiger partial charge is 0.506 e. The van der Waals surface area contributed by atoms with Gasteiger partial charge in [0.15, 0.2) is 0 Å². The zero-order valence-electron chi connectivity index (χ0n) is 19.3. The quantitative estimate of drug-likeness (QED) is 0.400. The van der Waals surface area contributed by atoms with Crippen LogP contribution in [-0.2, 0) is 13.5 Å². The van der Waals surface area contributed by atoms with Crippen LogP contribution in [0.5, 0.6) is 11.5 Å². The van der Waals surface area contributed by atoms with Crippen LogP contribution in [0.25, 0.3) is 33.4 Å². The van der Waals surface area contributed by atoms with E-state index in [0.717, 1.165) is 22.4 Å². The Bertz CT molecular complexity index is 1490. The molecule has 0 aliphatic heterocycles. The van der Waals surface area contributed by atoms with E-state index in [-0.39, 0.29) is 11.5 Å². The molecule has 0 bridgehead atoms. The van der Waals surface area contributed by atoms with E-state index < -0.39 is 0 Å². The van der Waals surface area contributed by atoms with Crippen LogP contribution in [-0.4, -0.2) is 43.8 Å². The zero-order valence-corrected chi connectivity index (χ0v) is 19.3. The molecular weight excluding hydrogens is 426 g/mol. The van der Waals surface area contributed by atoms with Gasteiger partial charge in [0.2, 0.25) is 0 Å². The van der Waals surface area contributed by atoms with Gasteiger partial charge in [-0.05, 0) is 29.3 Å². The highest BCUT2D eigenvalue weighted by Gasteiger charge is 2.19. The molecule has 2 N–H and O–H groups in total. The van der Waals surface area contributed by atoms with E-state index in [1.165, 1.54) is 0 Å². The minimum atomic E-state index is 0.126. The van der Waals surface area contributed by atoms with Crippen molar-refractivity contribution in [3.05, 3.63) is 84.4 Å². The number of rotatable bonds is 5. The highest BCUT2D eigenvalue weighted by atomic mass is 16.3. The maximum absolute atomic E-state index is 11.3. The summed E-state index contributed by atoms with van der Waals surface area (Å²) in [7, 11) is 5.70. The predicted molar refractivity (Wildman–Crippen MR) is 134 cm³/mol. The second-order valence-corrected chi connectivity index (χ2v) is 8.50. The van der Waals surface area contributed by atoms with Gasteiger partial charge in [0.25, 0.3) is 0 Å². The molecule has 0 aliphatic carbocycles. The van der Waals surface area contributed by atoms with Gasteiger partial charge < -0.3 is 19.7 Å². The van der Waals surface area contributed by atoms with E-state index in [9.17, 15) is 10.2 Å². The van der Waals surface area contributed by atoms with Crippen LogP contribution >= 0.6 is 0 Å². The topological polar surface area (TPSA) is 87.3 Å². The van der Waals surface area contributed by atoms with Crippen molar-refractivity contribution in [3.8, 4) is 34.0 Å². The Kier molecular flexibility index (Phi) is 5.37. The lowest BCUT2D eigenvalue weighted by molar-refractivity contribution is 0.468. The Morgan fingerprint density at radius 1 is 0.971 bits per heavy atom. The second-order valence-electron chi connectivity index (χ2n) is 8.50. The van der Waals surface area contributed by atoms with Gasteiger partial charge in [-0.25, -0.2) is 9.97 Å². The molecule has 7 nitrogen and oxygen atoms in total. The Hall–Kier alpha value is -4.39. The highest BCUT2D eigenvalue weighted by molar-refractivity contribution is 5.97. The molecule has 34 heavy (non-hydrogen) atoms. The third kappa shape index (κ3) is 3.71. The molecule has 0 saturated heterocycles. The third-order valence-electron chi connectivity index (χ3n) is 5.95. The van der Waals surface area contributed by atoms with Crippen molar-refractivity contribution < 1.29 is 10.2 Å². The number of aromatic hydroxyl groups is 2. The molecule has 0 atom stereocenters. The van der Waals surface area contributed by atoms with E-state index in [2.05, 4.69) is 9.97 Å². The summed E-state index contributed by atoms with van der Waals surface area (Å²) in [6, 6.07) is 17.4. The van der Waals surface area contributed by atoms with E-state index in [1.54, 1.807) is 18.7 Å². The summed E-state index contributed by atoms with van der Waals surface area (Å²) in [5.41, 5.74) is 5.22. The molecule has 7 heteroatoms. The molecular formula is C27H25N5O2. The minimum Gasteiger partial charge on any atom is -0.506 e. The van der Waals surface area contributed by atoms with Gasteiger partial charge in [0.05, 0.1) is 29.3 Å². The molecule has 5 rings (SSSR count). The van der Waals surface area contributed by atoms with Crippen LogP contribution in [0.2, 0.25) is 0 Å². The van der Waals surface area contributed by atoms with Gasteiger partial charge >= 0.3 is 0 Å². The maximum Gasteiger partial charge on any atom is 0.146 e. The number of aryl methyl sites for hydroxylation is 1. The number of pyridine rings is 2. The normalized spacial score (nSPS) is 11.1. The maximum atomic E-state index is 11.3. The fourth-order valence-corrected chi connectivity index (χ4v) is 4.21. The summed E-state index contributed by atoms with van der Waals surface area (Å²) in [6.07, 6.45) is 5.52. The molecule has 0 spiro atoms. The first-order valence-corrected chi connectivity index (χ1v) is 11.0. The summed E-state index contributed by atoms with van der Waals surface area (Å²) in [6.45, 7) is 0. The lowest BCUT2D eigenvalue weighted by Gasteiger charge is -2.19. The first kappa shape index (κ1) is 21.5. The van der Waals surface area contributed by atoms with E-state index in [1.807, 2.05) is 85.2 Å². The van der Waals surface area contributed by atoms with Gasteiger partial charge in [0.1, 0.15) is 23.0 Å². The molecule has 5 aromatic rings. The number of aromatic nitrogens is 4. The number of imidazole rings is 1. The number of hydrogen-bond acceptors (Lipinski definition) is 6. The molecule has 3 heterocycles. The van der Waals surface area contributed by atoms with Crippen LogP contribution in [0.4, 0.5) is 5.82 Å². The first-order chi connectivity index (χ1) is 16.4. The molecule has 3 aromatic heterocycles. The summed E-state index contributed by atoms with van der Waals surface area (Å²) >= 11 is 0. The first-order valence-electron chi connectivity index (χ1n) is 11.0. The molecule has 0 aliphatic rings. The summed E-state index contributed by atoms with van der Waals surface area (Å²) < 4.78 is 1.82. The molecule has 0 saturated carbocycles. The van der Waals surface area contributed by atoms with Crippen molar-refractivity contribution >= 4 is 16.7 Å². The third-order valence-corrected chi connectivity index (χ3v) is 5.95. The summed E-state index contributed by atoms with van der Waals surface area (Å²) in [5.74, 6) is 1.02. The van der Waals surface area contributed by atoms with Crippen molar-refractivity contribution in [2.24, 2.45) is 7.05 Å².